The lowest BCUT2D eigenvalue weighted by molar-refractivity contribution is 0.134. The molecule has 0 spiro atoms. The van der Waals surface area contributed by atoms with Crippen LogP contribution >= 0.6 is 0 Å². The third kappa shape index (κ3) is 5.39. The summed E-state index contributed by atoms with van der Waals surface area (Å²) < 4.78 is 5.42. The molecule has 1 rings (SSSR count). The first-order chi connectivity index (χ1) is 8.31. The van der Waals surface area contributed by atoms with E-state index in [4.69, 9.17) is 4.74 Å². The van der Waals surface area contributed by atoms with Gasteiger partial charge in [-0.25, -0.2) is 0 Å². The van der Waals surface area contributed by atoms with Crippen LogP contribution in [0.5, 0.6) is 0 Å². The average molecular weight is 241 g/mol. The van der Waals surface area contributed by atoms with E-state index in [1.54, 1.807) is 0 Å². The van der Waals surface area contributed by atoms with Crippen LogP contribution in [0.15, 0.2) is 0 Å². The van der Waals surface area contributed by atoms with Gasteiger partial charge in [-0.15, -0.1) is 0 Å². The largest absolute Gasteiger partial charge is 0.382 e. The van der Waals surface area contributed by atoms with Crippen molar-refractivity contribution >= 4 is 0 Å². The van der Waals surface area contributed by atoms with Crippen LogP contribution in [0.3, 0.4) is 0 Å². The second-order valence-electron chi connectivity index (χ2n) is 5.42. The molecule has 0 heterocycles. The number of rotatable bonds is 8. The predicted molar refractivity (Wildman–Crippen MR) is 74.3 cm³/mol. The Balaban J connectivity index is 2.21. The molecule has 1 atom stereocenters. The van der Waals surface area contributed by atoms with Gasteiger partial charge in [-0.05, 0) is 51.5 Å². The molecular weight excluding hydrogens is 210 g/mol. The van der Waals surface area contributed by atoms with Crippen molar-refractivity contribution in [3.8, 4) is 0 Å². The molecule has 0 aromatic carbocycles. The quantitative estimate of drug-likeness (QED) is 0.656. The van der Waals surface area contributed by atoms with Crippen LogP contribution in [0.2, 0.25) is 0 Å². The van der Waals surface area contributed by atoms with Crippen LogP contribution in [-0.4, -0.2) is 26.3 Å². The summed E-state index contributed by atoms with van der Waals surface area (Å²) in [5, 5.41) is 3.53. The molecule has 102 valence electrons. The van der Waals surface area contributed by atoms with Gasteiger partial charge in [0.05, 0.1) is 0 Å². The average Bonchev–Trinajstić information content (AvgIpc) is 2.39. The first-order valence-corrected chi connectivity index (χ1v) is 7.56. The molecule has 2 heteroatoms. The van der Waals surface area contributed by atoms with Crippen LogP contribution in [-0.2, 0) is 4.74 Å². The van der Waals surface area contributed by atoms with Crippen LogP contribution in [0.4, 0.5) is 0 Å². The highest BCUT2D eigenvalue weighted by Gasteiger charge is 2.25. The van der Waals surface area contributed by atoms with Crippen molar-refractivity contribution in [2.24, 2.45) is 11.8 Å². The van der Waals surface area contributed by atoms with Crippen molar-refractivity contribution < 1.29 is 4.74 Å². The van der Waals surface area contributed by atoms with Crippen molar-refractivity contribution in [1.82, 2.24) is 5.32 Å². The summed E-state index contributed by atoms with van der Waals surface area (Å²) in [5.74, 6) is 1.91. The molecule has 17 heavy (non-hydrogen) atoms. The normalized spacial score (nSPS) is 27.0. The Hall–Kier alpha value is -0.0800. The van der Waals surface area contributed by atoms with Crippen LogP contribution in [0.25, 0.3) is 0 Å². The summed E-state index contributed by atoms with van der Waals surface area (Å²) in [6, 6.07) is 0.716. The Kier molecular flexibility index (Phi) is 7.87. The standard InChI is InChI=1S/C15H31NO/c1-4-13-8-10-14(11-9-13)15(16-3)7-6-12-17-5-2/h13-16H,4-12H2,1-3H3. The Bertz CT molecular complexity index is 176. The summed E-state index contributed by atoms with van der Waals surface area (Å²) in [7, 11) is 2.12. The van der Waals surface area contributed by atoms with Crippen LogP contribution in [0.1, 0.15) is 58.8 Å². The van der Waals surface area contributed by atoms with E-state index in [0.29, 0.717) is 6.04 Å². The van der Waals surface area contributed by atoms with Gasteiger partial charge in [-0.3, -0.25) is 0 Å². The maximum absolute atomic E-state index is 5.42. The van der Waals surface area contributed by atoms with Crippen LogP contribution in [0, 0.1) is 11.8 Å². The zero-order chi connectivity index (χ0) is 12.5. The van der Waals surface area contributed by atoms with Gasteiger partial charge in [0.1, 0.15) is 0 Å². The van der Waals surface area contributed by atoms with Gasteiger partial charge < -0.3 is 10.1 Å². The summed E-state index contributed by atoms with van der Waals surface area (Å²) in [4.78, 5) is 0. The Morgan fingerprint density at radius 1 is 1.18 bits per heavy atom. The SMILES string of the molecule is CCOCCCC(NC)C1CCC(CC)CC1. The maximum atomic E-state index is 5.42. The van der Waals surface area contributed by atoms with Crippen molar-refractivity contribution in [2.45, 2.75) is 64.8 Å². The molecule has 0 aromatic heterocycles. The second-order valence-corrected chi connectivity index (χ2v) is 5.42. The number of nitrogens with one attached hydrogen (secondary N) is 1. The first kappa shape index (κ1) is 15.0. The lowest BCUT2D eigenvalue weighted by atomic mass is 9.76. The molecule has 2 nitrogen and oxygen atoms in total. The summed E-state index contributed by atoms with van der Waals surface area (Å²) in [5.41, 5.74) is 0. The molecule has 0 bridgehead atoms. The zero-order valence-corrected chi connectivity index (χ0v) is 12.0. The van der Waals surface area contributed by atoms with Crippen molar-refractivity contribution in [3.05, 3.63) is 0 Å². The van der Waals surface area contributed by atoms with Crippen molar-refractivity contribution in [3.63, 3.8) is 0 Å². The van der Waals surface area contributed by atoms with Gasteiger partial charge in [-0.2, -0.15) is 0 Å². The lowest BCUT2D eigenvalue weighted by Gasteiger charge is -2.33. The lowest BCUT2D eigenvalue weighted by Crippen LogP contribution is -2.36. The minimum Gasteiger partial charge on any atom is -0.382 e. The molecular formula is C15H31NO. The molecule has 0 radical (unpaired) electrons. The molecule has 1 fully saturated rings. The molecule has 1 unspecified atom stereocenters. The van der Waals surface area contributed by atoms with Gasteiger partial charge in [0.2, 0.25) is 0 Å². The molecule has 1 aliphatic carbocycles. The molecule has 1 N–H and O–H groups in total. The molecule has 0 aliphatic heterocycles. The fourth-order valence-corrected chi connectivity index (χ4v) is 3.16. The summed E-state index contributed by atoms with van der Waals surface area (Å²) in [6.07, 6.45) is 9.61. The molecule has 0 amide bonds. The Labute approximate surface area is 108 Å². The van der Waals surface area contributed by atoms with E-state index in [9.17, 15) is 0 Å². The van der Waals surface area contributed by atoms with E-state index in [1.165, 1.54) is 44.9 Å². The number of ether oxygens (including phenoxy) is 1. The van der Waals surface area contributed by atoms with E-state index >= 15 is 0 Å². The van der Waals surface area contributed by atoms with Crippen molar-refractivity contribution in [2.75, 3.05) is 20.3 Å². The van der Waals surface area contributed by atoms with Gasteiger partial charge >= 0.3 is 0 Å². The van der Waals surface area contributed by atoms with E-state index in [1.807, 2.05) is 0 Å². The predicted octanol–water partition coefficient (Wildman–Crippen LogP) is 3.61. The summed E-state index contributed by atoms with van der Waals surface area (Å²) >= 11 is 0. The Morgan fingerprint density at radius 2 is 1.88 bits per heavy atom. The van der Waals surface area contributed by atoms with Crippen LogP contribution < -0.4 is 5.32 Å². The van der Waals surface area contributed by atoms with Crippen molar-refractivity contribution in [1.29, 1.82) is 0 Å². The highest BCUT2D eigenvalue weighted by atomic mass is 16.5. The van der Waals surface area contributed by atoms with Gasteiger partial charge in [0.15, 0.2) is 0 Å². The topological polar surface area (TPSA) is 21.3 Å². The highest BCUT2D eigenvalue weighted by molar-refractivity contribution is 4.80. The second kappa shape index (κ2) is 8.93. The molecule has 1 saturated carbocycles. The minimum absolute atomic E-state index is 0.716. The van der Waals surface area contributed by atoms with Gasteiger partial charge in [-0.1, -0.05) is 26.2 Å². The van der Waals surface area contributed by atoms with E-state index < -0.39 is 0 Å². The molecule has 1 aliphatic rings. The number of hydrogen-bond acceptors (Lipinski definition) is 2. The molecule has 0 aromatic rings. The van der Waals surface area contributed by atoms with E-state index in [-0.39, 0.29) is 0 Å². The van der Waals surface area contributed by atoms with Gasteiger partial charge in [0.25, 0.3) is 0 Å². The number of hydrogen-bond donors (Lipinski definition) is 1. The third-order valence-corrected chi connectivity index (χ3v) is 4.42. The maximum Gasteiger partial charge on any atom is 0.0466 e. The first-order valence-electron chi connectivity index (χ1n) is 7.56. The van der Waals surface area contributed by atoms with E-state index in [2.05, 4.69) is 26.2 Å². The molecule has 0 saturated heterocycles. The third-order valence-electron chi connectivity index (χ3n) is 4.42. The fraction of sp³-hybridized carbons (Fsp3) is 1.00. The Morgan fingerprint density at radius 3 is 2.41 bits per heavy atom. The van der Waals surface area contributed by atoms with E-state index in [0.717, 1.165) is 25.0 Å². The van der Waals surface area contributed by atoms with Gasteiger partial charge in [0, 0.05) is 19.3 Å². The highest BCUT2D eigenvalue weighted by Crippen LogP contribution is 2.33. The minimum atomic E-state index is 0.716. The smallest absolute Gasteiger partial charge is 0.0466 e. The summed E-state index contributed by atoms with van der Waals surface area (Å²) in [6.45, 7) is 6.19. The zero-order valence-electron chi connectivity index (χ0n) is 12.0. The monoisotopic (exact) mass is 241 g/mol. The fourth-order valence-electron chi connectivity index (χ4n) is 3.16.